The highest BCUT2D eigenvalue weighted by atomic mass is 35.5. The summed E-state index contributed by atoms with van der Waals surface area (Å²) in [6.07, 6.45) is 2.72. The van der Waals surface area contributed by atoms with Crippen molar-refractivity contribution in [1.29, 1.82) is 0 Å². The van der Waals surface area contributed by atoms with Crippen molar-refractivity contribution >= 4 is 17.5 Å². The summed E-state index contributed by atoms with van der Waals surface area (Å²) in [5.41, 5.74) is 0.0881. The quantitative estimate of drug-likeness (QED) is 0.787. The normalized spacial score (nSPS) is 16.8. The molecule has 2 rings (SSSR count). The molecule has 1 aromatic rings. The number of hydrogen-bond donors (Lipinski definition) is 2. The van der Waals surface area contributed by atoms with Crippen LogP contribution in [0.4, 0.5) is 4.39 Å². The SMILES string of the molecule is O=C(NC1CCNCC1)c1cc(F)cnc1Cl. The molecule has 2 heterocycles. The van der Waals surface area contributed by atoms with Crippen molar-refractivity contribution in [2.75, 3.05) is 13.1 Å². The van der Waals surface area contributed by atoms with Crippen molar-refractivity contribution in [3.05, 3.63) is 28.8 Å². The molecule has 17 heavy (non-hydrogen) atoms. The van der Waals surface area contributed by atoms with E-state index < -0.39 is 5.82 Å². The van der Waals surface area contributed by atoms with Crippen LogP contribution >= 0.6 is 11.6 Å². The van der Waals surface area contributed by atoms with Crippen molar-refractivity contribution in [2.45, 2.75) is 18.9 Å². The lowest BCUT2D eigenvalue weighted by Crippen LogP contribution is -2.42. The summed E-state index contributed by atoms with van der Waals surface area (Å²) in [5.74, 6) is -0.932. The molecule has 4 nitrogen and oxygen atoms in total. The molecule has 1 saturated heterocycles. The largest absolute Gasteiger partial charge is 0.349 e. The minimum Gasteiger partial charge on any atom is -0.349 e. The van der Waals surface area contributed by atoms with Crippen molar-refractivity contribution in [3.63, 3.8) is 0 Å². The van der Waals surface area contributed by atoms with E-state index in [0.717, 1.165) is 38.2 Å². The fourth-order valence-corrected chi connectivity index (χ4v) is 2.00. The third kappa shape index (κ3) is 3.14. The van der Waals surface area contributed by atoms with Gasteiger partial charge in [0, 0.05) is 6.04 Å². The van der Waals surface area contributed by atoms with E-state index in [2.05, 4.69) is 15.6 Å². The lowest BCUT2D eigenvalue weighted by Gasteiger charge is -2.23. The summed E-state index contributed by atoms with van der Waals surface area (Å²) in [7, 11) is 0. The summed E-state index contributed by atoms with van der Waals surface area (Å²) in [6.45, 7) is 1.75. The van der Waals surface area contributed by atoms with Crippen LogP contribution in [0.15, 0.2) is 12.3 Å². The molecule has 1 fully saturated rings. The Hall–Kier alpha value is -1.20. The molecule has 0 aromatic carbocycles. The number of piperidine rings is 1. The van der Waals surface area contributed by atoms with Gasteiger partial charge in [-0.3, -0.25) is 4.79 Å². The van der Waals surface area contributed by atoms with Crippen LogP contribution in [0.25, 0.3) is 0 Å². The predicted molar refractivity (Wildman–Crippen MR) is 62.6 cm³/mol. The number of rotatable bonds is 2. The summed E-state index contributed by atoms with van der Waals surface area (Å²) in [5, 5.41) is 6.06. The number of nitrogens with zero attached hydrogens (tertiary/aromatic N) is 1. The van der Waals surface area contributed by atoms with Crippen LogP contribution in [0.5, 0.6) is 0 Å². The average Bonchev–Trinajstić information content (AvgIpc) is 2.33. The second kappa shape index (κ2) is 5.42. The number of halogens is 2. The first-order chi connectivity index (χ1) is 8.16. The fourth-order valence-electron chi connectivity index (χ4n) is 1.81. The van der Waals surface area contributed by atoms with Gasteiger partial charge >= 0.3 is 0 Å². The Bertz CT molecular complexity index is 421. The minimum absolute atomic E-state index is 0.0258. The highest BCUT2D eigenvalue weighted by Crippen LogP contribution is 2.14. The molecule has 1 aliphatic rings. The van der Waals surface area contributed by atoms with E-state index in [9.17, 15) is 9.18 Å². The molecule has 1 amide bonds. The number of hydrogen-bond acceptors (Lipinski definition) is 3. The van der Waals surface area contributed by atoms with Crippen LogP contribution < -0.4 is 10.6 Å². The first-order valence-electron chi connectivity index (χ1n) is 5.49. The minimum atomic E-state index is -0.565. The topological polar surface area (TPSA) is 54.0 Å². The Morgan fingerprint density at radius 3 is 2.94 bits per heavy atom. The molecule has 2 N–H and O–H groups in total. The van der Waals surface area contributed by atoms with Crippen molar-refractivity contribution in [2.24, 2.45) is 0 Å². The first kappa shape index (κ1) is 12.3. The molecule has 0 aliphatic carbocycles. The second-order valence-corrected chi connectivity index (χ2v) is 4.35. The molecule has 0 radical (unpaired) electrons. The zero-order valence-corrected chi connectivity index (χ0v) is 9.93. The monoisotopic (exact) mass is 257 g/mol. The molecule has 6 heteroatoms. The van der Waals surface area contributed by atoms with Crippen molar-refractivity contribution in [1.82, 2.24) is 15.6 Å². The number of nitrogens with one attached hydrogen (secondary N) is 2. The van der Waals surface area contributed by atoms with E-state index in [1.807, 2.05) is 0 Å². The van der Waals surface area contributed by atoms with E-state index in [4.69, 9.17) is 11.6 Å². The Morgan fingerprint density at radius 1 is 1.53 bits per heavy atom. The lowest BCUT2D eigenvalue weighted by molar-refractivity contribution is 0.0929. The fraction of sp³-hybridized carbons (Fsp3) is 0.455. The first-order valence-corrected chi connectivity index (χ1v) is 5.87. The van der Waals surface area contributed by atoms with E-state index >= 15 is 0 Å². The van der Waals surface area contributed by atoms with E-state index in [-0.39, 0.29) is 22.7 Å². The number of pyridine rings is 1. The Kier molecular flexibility index (Phi) is 3.91. The van der Waals surface area contributed by atoms with Gasteiger partial charge in [0.25, 0.3) is 5.91 Å². The highest BCUT2D eigenvalue weighted by molar-refractivity contribution is 6.32. The van der Waals surface area contributed by atoms with Crippen molar-refractivity contribution < 1.29 is 9.18 Å². The summed E-state index contributed by atoms with van der Waals surface area (Å²) < 4.78 is 13.0. The van der Waals surface area contributed by atoms with Crippen LogP contribution in [0.3, 0.4) is 0 Å². The second-order valence-electron chi connectivity index (χ2n) is 3.99. The third-order valence-electron chi connectivity index (χ3n) is 2.72. The van der Waals surface area contributed by atoms with Crippen LogP contribution in [-0.2, 0) is 0 Å². The van der Waals surface area contributed by atoms with Crippen molar-refractivity contribution in [3.8, 4) is 0 Å². The van der Waals surface area contributed by atoms with E-state index in [1.54, 1.807) is 0 Å². The van der Waals surface area contributed by atoms with E-state index in [1.165, 1.54) is 0 Å². The molecular formula is C11H13ClFN3O. The van der Waals surface area contributed by atoms with Gasteiger partial charge in [0.2, 0.25) is 0 Å². The maximum absolute atomic E-state index is 13.0. The van der Waals surface area contributed by atoms with Gasteiger partial charge in [-0.15, -0.1) is 0 Å². The summed E-state index contributed by atoms with van der Waals surface area (Å²) >= 11 is 5.76. The smallest absolute Gasteiger partial charge is 0.254 e. The molecule has 0 atom stereocenters. The third-order valence-corrected chi connectivity index (χ3v) is 3.03. The number of aromatic nitrogens is 1. The predicted octanol–water partition coefficient (Wildman–Crippen LogP) is 1.36. The number of amides is 1. The molecule has 1 aromatic heterocycles. The van der Waals surface area contributed by atoms with Gasteiger partial charge in [-0.05, 0) is 32.0 Å². The standard InChI is InChI=1S/C11H13ClFN3O/c12-10-9(5-7(13)6-15-10)11(17)16-8-1-3-14-4-2-8/h5-6,8,14H,1-4H2,(H,16,17). The number of carbonyl (C=O) groups is 1. The molecule has 0 bridgehead atoms. The maximum Gasteiger partial charge on any atom is 0.254 e. The Morgan fingerprint density at radius 2 is 2.24 bits per heavy atom. The Labute approximate surface area is 104 Å². The molecule has 0 unspecified atom stereocenters. The highest BCUT2D eigenvalue weighted by Gasteiger charge is 2.18. The zero-order valence-electron chi connectivity index (χ0n) is 9.17. The van der Waals surface area contributed by atoms with Gasteiger partial charge in [-0.2, -0.15) is 0 Å². The molecule has 1 aliphatic heterocycles. The average molecular weight is 258 g/mol. The molecule has 92 valence electrons. The van der Waals surface area contributed by atoms with Crippen LogP contribution in [0.2, 0.25) is 5.15 Å². The van der Waals surface area contributed by atoms with Gasteiger partial charge in [0.15, 0.2) is 0 Å². The lowest BCUT2D eigenvalue weighted by atomic mass is 10.1. The van der Waals surface area contributed by atoms with Gasteiger partial charge in [0.1, 0.15) is 11.0 Å². The molecule has 0 saturated carbocycles. The van der Waals surface area contributed by atoms with Gasteiger partial charge in [-0.1, -0.05) is 11.6 Å². The molecular weight excluding hydrogens is 245 g/mol. The Balaban J connectivity index is 2.05. The molecule has 0 spiro atoms. The summed E-state index contributed by atoms with van der Waals surface area (Å²) in [6, 6.07) is 1.22. The zero-order chi connectivity index (χ0) is 12.3. The number of carbonyl (C=O) groups excluding carboxylic acids is 1. The van der Waals surface area contributed by atoms with Gasteiger partial charge in [0.05, 0.1) is 11.8 Å². The van der Waals surface area contributed by atoms with Crippen LogP contribution in [0.1, 0.15) is 23.2 Å². The maximum atomic E-state index is 13.0. The van der Waals surface area contributed by atoms with Gasteiger partial charge < -0.3 is 10.6 Å². The van der Waals surface area contributed by atoms with E-state index in [0.29, 0.717) is 0 Å². The van der Waals surface area contributed by atoms with Crippen LogP contribution in [0, 0.1) is 5.82 Å². The van der Waals surface area contributed by atoms with Gasteiger partial charge in [-0.25, -0.2) is 9.37 Å². The van der Waals surface area contributed by atoms with Crippen LogP contribution in [-0.4, -0.2) is 30.0 Å². The summed E-state index contributed by atoms with van der Waals surface area (Å²) in [4.78, 5) is 15.5.